The fraction of sp³-hybridized carbons (Fsp3) is 0.846. The Hall–Kier alpha value is -1.26. The lowest BCUT2D eigenvalue weighted by molar-refractivity contribution is -0.138. The number of carbonyl (C=O) groups excluding carboxylic acids is 1. The van der Waals surface area contributed by atoms with Crippen LogP contribution in [0.5, 0.6) is 0 Å². The third kappa shape index (κ3) is 7.14. The summed E-state index contributed by atoms with van der Waals surface area (Å²) in [7, 11) is 0. The number of hydrogen-bond donors (Lipinski definition) is 2. The van der Waals surface area contributed by atoms with Crippen molar-refractivity contribution in [2.45, 2.75) is 53.0 Å². The average molecular weight is 258 g/mol. The molecule has 0 aromatic carbocycles. The summed E-state index contributed by atoms with van der Waals surface area (Å²) >= 11 is 0. The summed E-state index contributed by atoms with van der Waals surface area (Å²) in [6.45, 7) is 8.42. The van der Waals surface area contributed by atoms with Crippen LogP contribution in [0.1, 0.15) is 47.0 Å². The molecule has 2 amide bonds. The van der Waals surface area contributed by atoms with Gasteiger partial charge in [-0.15, -0.1) is 0 Å². The van der Waals surface area contributed by atoms with Gasteiger partial charge in [0, 0.05) is 12.6 Å². The zero-order chi connectivity index (χ0) is 14.1. The molecule has 0 radical (unpaired) electrons. The highest BCUT2D eigenvalue weighted by Gasteiger charge is 2.20. The van der Waals surface area contributed by atoms with E-state index in [1.807, 2.05) is 13.8 Å². The minimum Gasteiger partial charge on any atom is -0.480 e. The Morgan fingerprint density at radius 3 is 2.33 bits per heavy atom. The number of aliphatic carboxylic acids is 1. The lowest BCUT2D eigenvalue weighted by Gasteiger charge is -2.27. The molecule has 0 aliphatic carbocycles. The smallest absolute Gasteiger partial charge is 0.323 e. The first kappa shape index (κ1) is 16.7. The average Bonchev–Trinajstić information content (AvgIpc) is 2.29. The quantitative estimate of drug-likeness (QED) is 0.656. The molecule has 0 heterocycles. The number of hydrogen-bond acceptors (Lipinski definition) is 2. The van der Waals surface area contributed by atoms with E-state index in [0.29, 0.717) is 12.5 Å². The highest BCUT2D eigenvalue weighted by atomic mass is 16.4. The summed E-state index contributed by atoms with van der Waals surface area (Å²) in [5.41, 5.74) is 0. The number of urea groups is 1. The van der Waals surface area contributed by atoms with Gasteiger partial charge in [-0.3, -0.25) is 4.79 Å². The van der Waals surface area contributed by atoms with Gasteiger partial charge in [-0.25, -0.2) is 4.79 Å². The molecule has 0 aliphatic heterocycles. The Kier molecular flexibility index (Phi) is 8.16. The van der Waals surface area contributed by atoms with Crippen LogP contribution < -0.4 is 5.32 Å². The standard InChI is InChI=1S/C13H26N2O3/c1-5-11(4)15(9-12(16)17)13(18)14-8-6-7-10(2)3/h10-11H,5-9H2,1-4H3,(H,14,18)(H,16,17). The van der Waals surface area contributed by atoms with E-state index in [0.717, 1.165) is 19.3 Å². The monoisotopic (exact) mass is 258 g/mol. The van der Waals surface area contributed by atoms with Crippen molar-refractivity contribution < 1.29 is 14.7 Å². The Bertz CT molecular complexity index is 267. The first-order valence-corrected chi connectivity index (χ1v) is 6.64. The predicted octanol–water partition coefficient (Wildman–Crippen LogP) is 2.32. The van der Waals surface area contributed by atoms with E-state index >= 15 is 0 Å². The molecule has 0 saturated heterocycles. The van der Waals surface area contributed by atoms with E-state index in [1.165, 1.54) is 4.90 Å². The molecule has 18 heavy (non-hydrogen) atoms. The summed E-state index contributed by atoms with van der Waals surface area (Å²) < 4.78 is 0. The topological polar surface area (TPSA) is 69.6 Å². The molecule has 5 heteroatoms. The number of carboxylic acid groups (broad SMARTS) is 1. The van der Waals surface area contributed by atoms with Crippen molar-refractivity contribution in [2.24, 2.45) is 5.92 Å². The van der Waals surface area contributed by atoms with Gasteiger partial charge < -0.3 is 15.3 Å². The molecule has 0 saturated carbocycles. The van der Waals surface area contributed by atoms with Crippen LogP contribution in [-0.4, -0.2) is 41.1 Å². The summed E-state index contributed by atoms with van der Waals surface area (Å²) in [6, 6.07) is -0.346. The number of nitrogens with zero attached hydrogens (tertiary/aromatic N) is 1. The van der Waals surface area contributed by atoms with Crippen molar-refractivity contribution in [1.29, 1.82) is 0 Å². The summed E-state index contributed by atoms with van der Waals surface area (Å²) in [6.07, 6.45) is 2.72. The summed E-state index contributed by atoms with van der Waals surface area (Å²) in [5.74, 6) is -0.362. The second-order valence-corrected chi connectivity index (χ2v) is 5.05. The fourth-order valence-electron chi connectivity index (χ4n) is 1.60. The number of rotatable bonds is 8. The van der Waals surface area contributed by atoms with Gasteiger partial charge >= 0.3 is 12.0 Å². The first-order chi connectivity index (χ1) is 8.38. The molecule has 5 nitrogen and oxygen atoms in total. The first-order valence-electron chi connectivity index (χ1n) is 6.64. The van der Waals surface area contributed by atoms with Gasteiger partial charge in [0.05, 0.1) is 0 Å². The van der Waals surface area contributed by atoms with Crippen molar-refractivity contribution in [3.05, 3.63) is 0 Å². The van der Waals surface area contributed by atoms with Crippen molar-refractivity contribution in [1.82, 2.24) is 10.2 Å². The Labute approximate surface area is 110 Å². The molecule has 0 rings (SSSR count). The van der Waals surface area contributed by atoms with Crippen LogP contribution >= 0.6 is 0 Å². The molecular weight excluding hydrogens is 232 g/mol. The predicted molar refractivity (Wildman–Crippen MR) is 71.6 cm³/mol. The van der Waals surface area contributed by atoms with Crippen LogP contribution in [0.2, 0.25) is 0 Å². The Morgan fingerprint density at radius 2 is 1.89 bits per heavy atom. The van der Waals surface area contributed by atoms with Crippen molar-refractivity contribution in [3.63, 3.8) is 0 Å². The SMILES string of the molecule is CCC(C)N(CC(=O)O)C(=O)NCCCC(C)C. The Morgan fingerprint density at radius 1 is 1.28 bits per heavy atom. The van der Waals surface area contributed by atoms with E-state index in [-0.39, 0.29) is 18.6 Å². The zero-order valence-electron chi connectivity index (χ0n) is 11.9. The van der Waals surface area contributed by atoms with E-state index in [9.17, 15) is 9.59 Å². The van der Waals surface area contributed by atoms with Crippen LogP contribution in [-0.2, 0) is 4.79 Å². The van der Waals surface area contributed by atoms with E-state index in [4.69, 9.17) is 5.11 Å². The zero-order valence-corrected chi connectivity index (χ0v) is 11.9. The number of carbonyl (C=O) groups is 2. The molecule has 0 fully saturated rings. The van der Waals surface area contributed by atoms with Crippen molar-refractivity contribution in [3.8, 4) is 0 Å². The number of nitrogens with one attached hydrogen (secondary N) is 1. The number of carboxylic acids is 1. The van der Waals surface area contributed by atoms with Gasteiger partial charge in [-0.05, 0) is 32.1 Å². The third-order valence-electron chi connectivity index (χ3n) is 2.92. The minimum atomic E-state index is -0.979. The van der Waals surface area contributed by atoms with Crippen LogP contribution in [0.25, 0.3) is 0 Å². The minimum absolute atomic E-state index is 0.0637. The number of amides is 2. The maximum absolute atomic E-state index is 11.9. The molecular formula is C13H26N2O3. The second kappa shape index (κ2) is 8.78. The van der Waals surface area contributed by atoms with Gasteiger partial charge in [0.2, 0.25) is 0 Å². The van der Waals surface area contributed by atoms with E-state index in [1.54, 1.807) is 0 Å². The highest BCUT2D eigenvalue weighted by Crippen LogP contribution is 2.05. The lowest BCUT2D eigenvalue weighted by Crippen LogP contribution is -2.47. The molecule has 1 unspecified atom stereocenters. The van der Waals surface area contributed by atoms with Gasteiger partial charge in [0.15, 0.2) is 0 Å². The van der Waals surface area contributed by atoms with Gasteiger partial charge in [-0.1, -0.05) is 20.8 Å². The third-order valence-corrected chi connectivity index (χ3v) is 2.92. The Balaban J connectivity index is 4.17. The van der Waals surface area contributed by atoms with E-state index in [2.05, 4.69) is 19.2 Å². The highest BCUT2D eigenvalue weighted by molar-refractivity contribution is 5.80. The second-order valence-electron chi connectivity index (χ2n) is 5.05. The van der Waals surface area contributed by atoms with Crippen molar-refractivity contribution in [2.75, 3.05) is 13.1 Å². The molecule has 106 valence electrons. The molecule has 2 N–H and O–H groups in total. The molecule has 0 spiro atoms. The maximum Gasteiger partial charge on any atom is 0.323 e. The van der Waals surface area contributed by atoms with Crippen LogP contribution in [0.4, 0.5) is 4.79 Å². The molecule has 0 aromatic rings. The molecule has 0 bridgehead atoms. The lowest BCUT2D eigenvalue weighted by atomic mass is 10.1. The molecule has 0 aliphatic rings. The van der Waals surface area contributed by atoms with Gasteiger partial charge in [-0.2, -0.15) is 0 Å². The maximum atomic E-state index is 11.9. The van der Waals surface area contributed by atoms with Gasteiger partial charge in [0.1, 0.15) is 6.54 Å². The summed E-state index contributed by atoms with van der Waals surface area (Å²) in [5, 5.41) is 11.6. The van der Waals surface area contributed by atoms with E-state index < -0.39 is 5.97 Å². The fourth-order valence-corrected chi connectivity index (χ4v) is 1.60. The molecule has 1 atom stereocenters. The largest absolute Gasteiger partial charge is 0.480 e. The molecule has 0 aromatic heterocycles. The van der Waals surface area contributed by atoms with Gasteiger partial charge in [0.25, 0.3) is 0 Å². The van der Waals surface area contributed by atoms with Crippen molar-refractivity contribution >= 4 is 12.0 Å². The normalized spacial score (nSPS) is 12.3. The van der Waals surface area contributed by atoms with Crippen LogP contribution in [0.3, 0.4) is 0 Å². The van der Waals surface area contributed by atoms with Crippen LogP contribution in [0, 0.1) is 5.92 Å². The summed E-state index contributed by atoms with van der Waals surface area (Å²) in [4.78, 5) is 24.0. The van der Waals surface area contributed by atoms with Crippen LogP contribution in [0.15, 0.2) is 0 Å².